The Kier molecular flexibility index (Phi) is 5.66. The van der Waals surface area contributed by atoms with E-state index in [0.29, 0.717) is 5.75 Å². The van der Waals surface area contributed by atoms with Crippen molar-refractivity contribution in [3.63, 3.8) is 0 Å². The number of hydrogen-bond donors (Lipinski definition) is 1. The van der Waals surface area contributed by atoms with Crippen LogP contribution in [0.25, 0.3) is 21.8 Å². The Morgan fingerprint density at radius 2 is 1.20 bits per heavy atom. The minimum atomic E-state index is -0.151. The highest BCUT2D eigenvalue weighted by Gasteiger charge is 2.27. The van der Waals surface area contributed by atoms with Gasteiger partial charge in [0.2, 0.25) is 0 Å². The van der Waals surface area contributed by atoms with E-state index in [4.69, 9.17) is 4.98 Å². The molecule has 0 aliphatic carbocycles. The summed E-state index contributed by atoms with van der Waals surface area (Å²) in [5.41, 5.74) is 6.27. The minimum absolute atomic E-state index is 0.144. The lowest BCUT2D eigenvalue weighted by molar-refractivity contribution is 0.423. The molecule has 3 heteroatoms. The van der Waals surface area contributed by atoms with Gasteiger partial charge in [-0.15, -0.1) is 11.3 Å². The van der Waals surface area contributed by atoms with Crippen LogP contribution in [0.1, 0.15) is 79.0 Å². The molecule has 1 N–H and O–H groups in total. The molecular formula is C27H35NOS. The molecule has 0 saturated heterocycles. The Bertz CT molecular complexity index is 1000. The molecule has 0 aliphatic heterocycles. The van der Waals surface area contributed by atoms with Crippen molar-refractivity contribution in [2.45, 2.75) is 78.6 Å². The maximum Gasteiger partial charge on any atom is 0.124 e. The lowest BCUT2D eigenvalue weighted by Crippen LogP contribution is -2.17. The van der Waals surface area contributed by atoms with E-state index < -0.39 is 0 Å². The number of benzene rings is 2. The van der Waals surface area contributed by atoms with Crippen LogP contribution in [0.2, 0.25) is 0 Å². The van der Waals surface area contributed by atoms with Crippen LogP contribution in [0.15, 0.2) is 41.8 Å². The molecule has 0 spiro atoms. The van der Waals surface area contributed by atoms with Gasteiger partial charge in [-0.25, -0.2) is 4.98 Å². The van der Waals surface area contributed by atoms with Gasteiger partial charge >= 0.3 is 0 Å². The summed E-state index contributed by atoms with van der Waals surface area (Å²) in [4.78, 5) is 4.96. The van der Waals surface area contributed by atoms with Gasteiger partial charge in [0, 0.05) is 27.6 Å². The molecule has 3 rings (SSSR count). The number of hydrogen-bond acceptors (Lipinski definition) is 3. The summed E-state index contributed by atoms with van der Waals surface area (Å²) < 4.78 is 0. The van der Waals surface area contributed by atoms with E-state index in [-0.39, 0.29) is 16.2 Å². The molecule has 0 aliphatic rings. The van der Waals surface area contributed by atoms with E-state index in [1.165, 1.54) is 5.56 Å². The first-order chi connectivity index (χ1) is 13.7. The predicted molar refractivity (Wildman–Crippen MR) is 131 cm³/mol. The summed E-state index contributed by atoms with van der Waals surface area (Å²) in [6.45, 7) is 19.5. The van der Waals surface area contributed by atoms with Crippen LogP contribution in [-0.4, -0.2) is 10.1 Å². The topological polar surface area (TPSA) is 33.1 Å². The molecule has 160 valence electrons. The fourth-order valence-corrected chi connectivity index (χ4v) is 4.41. The monoisotopic (exact) mass is 421 g/mol. The Morgan fingerprint density at radius 3 is 1.63 bits per heavy atom. The number of phenolic OH excluding ortho intramolecular Hbond substituents is 1. The number of aromatic nitrogens is 1. The Hall–Kier alpha value is -2.13. The van der Waals surface area contributed by atoms with E-state index >= 15 is 0 Å². The summed E-state index contributed by atoms with van der Waals surface area (Å²) in [6, 6.07) is 12.9. The third kappa shape index (κ3) is 4.62. The van der Waals surface area contributed by atoms with Crippen LogP contribution in [0.5, 0.6) is 5.75 Å². The highest BCUT2D eigenvalue weighted by molar-refractivity contribution is 7.13. The fourth-order valence-electron chi connectivity index (χ4n) is 3.58. The second kappa shape index (κ2) is 7.53. The lowest BCUT2D eigenvalue weighted by atomic mass is 9.78. The van der Waals surface area contributed by atoms with Crippen molar-refractivity contribution in [2.24, 2.45) is 0 Å². The zero-order valence-corrected chi connectivity index (χ0v) is 20.7. The number of nitrogens with zero attached hydrogens (tertiary/aromatic N) is 1. The van der Waals surface area contributed by atoms with Gasteiger partial charge < -0.3 is 5.11 Å². The van der Waals surface area contributed by atoms with Crippen molar-refractivity contribution < 1.29 is 5.11 Å². The summed E-state index contributed by atoms with van der Waals surface area (Å²) >= 11 is 1.67. The number of rotatable bonds is 2. The third-order valence-corrected chi connectivity index (χ3v) is 6.42. The zero-order valence-electron chi connectivity index (χ0n) is 19.8. The molecule has 0 radical (unpaired) electrons. The third-order valence-electron chi connectivity index (χ3n) is 5.52. The molecular weight excluding hydrogens is 386 g/mol. The molecule has 1 heterocycles. The zero-order chi connectivity index (χ0) is 22.5. The molecule has 0 amide bonds. The molecule has 2 aromatic carbocycles. The van der Waals surface area contributed by atoms with Crippen molar-refractivity contribution >= 4 is 11.3 Å². The van der Waals surface area contributed by atoms with Crippen LogP contribution in [0.4, 0.5) is 0 Å². The van der Waals surface area contributed by atoms with E-state index in [2.05, 4.69) is 104 Å². The molecule has 0 saturated carbocycles. The molecule has 2 nitrogen and oxygen atoms in total. The summed E-state index contributed by atoms with van der Waals surface area (Å²) in [5, 5.41) is 14.1. The second-order valence-electron chi connectivity index (χ2n) is 11.3. The van der Waals surface area contributed by atoms with Crippen LogP contribution in [0.3, 0.4) is 0 Å². The van der Waals surface area contributed by atoms with Gasteiger partial charge in [-0.1, -0.05) is 86.6 Å². The summed E-state index contributed by atoms with van der Waals surface area (Å²) in [6.07, 6.45) is 0. The average Bonchev–Trinajstić information content (AvgIpc) is 3.09. The second-order valence-corrected chi connectivity index (χ2v) is 12.1. The van der Waals surface area contributed by atoms with E-state index in [1.807, 2.05) is 0 Å². The van der Waals surface area contributed by atoms with Gasteiger partial charge in [-0.2, -0.15) is 0 Å². The van der Waals surface area contributed by atoms with Crippen molar-refractivity contribution in [1.29, 1.82) is 0 Å². The highest BCUT2D eigenvalue weighted by Crippen LogP contribution is 2.42. The van der Waals surface area contributed by atoms with Gasteiger partial charge in [0.15, 0.2) is 0 Å². The molecule has 30 heavy (non-hydrogen) atoms. The van der Waals surface area contributed by atoms with E-state index in [9.17, 15) is 5.11 Å². The quantitative estimate of drug-likeness (QED) is 0.454. The van der Waals surface area contributed by atoms with Crippen molar-refractivity contribution in [2.75, 3.05) is 0 Å². The highest BCUT2D eigenvalue weighted by atomic mass is 32.1. The van der Waals surface area contributed by atoms with E-state index in [1.54, 1.807) is 11.3 Å². The lowest BCUT2D eigenvalue weighted by Gasteiger charge is -2.28. The molecule has 3 aromatic rings. The van der Waals surface area contributed by atoms with Crippen molar-refractivity contribution in [3.8, 4) is 27.6 Å². The van der Waals surface area contributed by atoms with Gasteiger partial charge in [0.25, 0.3) is 0 Å². The normalized spacial score (nSPS) is 13.0. The molecule has 1 aromatic heterocycles. The van der Waals surface area contributed by atoms with Crippen LogP contribution in [-0.2, 0) is 16.2 Å². The number of phenols is 1. The first kappa shape index (κ1) is 22.6. The van der Waals surface area contributed by atoms with Crippen LogP contribution in [0, 0.1) is 0 Å². The maximum atomic E-state index is 11.0. The SMILES string of the molecule is CC(C)(C)c1ccc(-c2nc(-c3cc(C(C)(C)C)c(O)c(C(C)(C)C)c3)cs2)cc1. The first-order valence-electron chi connectivity index (χ1n) is 10.6. The minimum Gasteiger partial charge on any atom is -0.507 e. The van der Waals surface area contributed by atoms with Crippen molar-refractivity contribution in [3.05, 3.63) is 58.5 Å². The van der Waals surface area contributed by atoms with Gasteiger partial charge in [0.05, 0.1) is 5.69 Å². The predicted octanol–water partition coefficient (Wildman–Crippen LogP) is 8.08. The smallest absolute Gasteiger partial charge is 0.124 e. The summed E-state index contributed by atoms with van der Waals surface area (Å²) in [7, 11) is 0. The Morgan fingerprint density at radius 1 is 0.700 bits per heavy atom. The van der Waals surface area contributed by atoms with Crippen molar-refractivity contribution in [1.82, 2.24) is 4.98 Å². The maximum absolute atomic E-state index is 11.0. The Labute approximate surface area is 186 Å². The molecule has 0 atom stereocenters. The van der Waals surface area contributed by atoms with E-state index in [0.717, 1.165) is 33.0 Å². The van der Waals surface area contributed by atoms with Gasteiger partial charge in [-0.3, -0.25) is 0 Å². The first-order valence-corrected chi connectivity index (χ1v) is 11.5. The molecule has 0 bridgehead atoms. The molecule has 0 fully saturated rings. The van der Waals surface area contributed by atoms with Crippen LogP contribution < -0.4 is 0 Å². The average molecular weight is 422 g/mol. The largest absolute Gasteiger partial charge is 0.507 e. The fraction of sp³-hybridized carbons (Fsp3) is 0.444. The Balaban J connectivity index is 2.07. The standard InChI is InChI=1S/C27H35NOS/c1-25(2,3)19-12-10-17(11-13-19)24-28-22(16-30-24)18-14-20(26(4,5)6)23(29)21(15-18)27(7,8)9/h10-16,29H,1-9H3. The van der Waals surface area contributed by atoms with Gasteiger partial charge in [0.1, 0.15) is 10.8 Å². The molecule has 0 unspecified atom stereocenters. The number of aromatic hydroxyl groups is 1. The van der Waals surface area contributed by atoms with Gasteiger partial charge in [-0.05, 0) is 33.9 Å². The van der Waals surface area contributed by atoms with Crippen LogP contribution >= 0.6 is 11.3 Å². The number of thiazole rings is 1. The summed E-state index contributed by atoms with van der Waals surface area (Å²) in [5.74, 6) is 0.409.